The van der Waals surface area contributed by atoms with Gasteiger partial charge in [0, 0.05) is 12.6 Å². The highest BCUT2D eigenvalue weighted by Gasteiger charge is 2.01. The summed E-state index contributed by atoms with van der Waals surface area (Å²) in [7, 11) is 0. The normalized spacial score (nSPS) is 12.4. The second kappa shape index (κ2) is 8.98. The minimum Gasteiger partial charge on any atom is -0.492 e. The number of unbranched alkanes of at least 4 members (excludes halogenated alkanes) is 2. The first kappa shape index (κ1) is 16.0. The molecule has 0 fully saturated rings. The third kappa shape index (κ3) is 7.22. The van der Waals surface area contributed by atoms with Gasteiger partial charge in [-0.05, 0) is 50.5 Å². The number of rotatable bonds is 9. The van der Waals surface area contributed by atoms with Gasteiger partial charge in [-0.25, -0.2) is 0 Å². The Kier molecular flexibility index (Phi) is 7.57. The van der Waals surface area contributed by atoms with Gasteiger partial charge in [-0.15, -0.1) is 0 Å². The molecule has 0 bridgehead atoms. The monoisotopic (exact) mass is 263 g/mol. The fourth-order valence-corrected chi connectivity index (χ4v) is 2.29. The average molecular weight is 263 g/mol. The predicted molar refractivity (Wildman–Crippen MR) is 83.0 cm³/mol. The third-order valence-electron chi connectivity index (χ3n) is 3.30. The van der Waals surface area contributed by atoms with Gasteiger partial charge in [0.05, 0.1) is 0 Å². The maximum atomic E-state index is 5.78. The van der Waals surface area contributed by atoms with Crippen LogP contribution in [0.15, 0.2) is 18.2 Å². The highest BCUT2D eigenvalue weighted by molar-refractivity contribution is 5.32. The van der Waals surface area contributed by atoms with Crippen molar-refractivity contribution in [2.75, 3.05) is 13.2 Å². The maximum Gasteiger partial charge on any atom is 0.119 e. The zero-order chi connectivity index (χ0) is 14.1. The number of ether oxygens (including phenoxy) is 1. The third-order valence-corrected chi connectivity index (χ3v) is 3.30. The van der Waals surface area contributed by atoms with Crippen molar-refractivity contribution in [3.8, 4) is 5.75 Å². The van der Waals surface area contributed by atoms with Crippen LogP contribution in [0.1, 0.15) is 50.7 Å². The lowest BCUT2D eigenvalue weighted by Crippen LogP contribution is -2.30. The Morgan fingerprint density at radius 2 is 1.79 bits per heavy atom. The van der Waals surface area contributed by atoms with E-state index in [1.54, 1.807) is 0 Å². The number of hydrogen-bond acceptors (Lipinski definition) is 2. The van der Waals surface area contributed by atoms with Gasteiger partial charge in [0.15, 0.2) is 0 Å². The zero-order valence-electron chi connectivity index (χ0n) is 13.0. The van der Waals surface area contributed by atoms with Crippen LogP contribution in [-0.2, 0) is 0 Å². The molecule has 2 heteroatoms. The Morgan fingerprint density at radius 1 is 1.11 bits per heavy atom. The van der Waals surface area contributed by atoms with E-state index in [2.05, 4.69) is 51.2 Å². The van der Waals surface area contributed by atoms with Crippen LogP contribution < -0.4 is 10.1 Å². The molecule has 0 saturated heterocycles. The highest BCUT2D eigenvalue weighted by Crippen LogP contribution is 2.15. The lowest BCUT2D eigenvalue weighted by molar-refractivity contribution is 0.304. The van der Waals surface area contributed by atoms with Crippen molar-refractivity contribution in [1.82, 2.24) is 5.32 Å². The topological polar surface area (TPSA) is 21.3 Å². The summed E-state index contributed by atoms with van der Waals surface area (Å²) in [4.78, 5) is 0. The molecule has 1 aromatic rings. The predicted octanol–water partition coefficient (Wildman–Crippen LogP) is 4.24. The molecule has 1 rings (SSSR count). The standard InChI is InChI=1S/C17H29NO/c1-5-6-7-8-16(4)18-9-10-19-17-12-14(2)11-15(3)13-17/h11-13,16,18H,5-10H2,1-4H3. The Morgan fingerprint density at radius 3 is 2.42 bits per heavy atom. The fourth-order valence-electron chi connectivity index (χ4n) is 2.29. The zero-order valence-corrected chi connectivity index (χ0v) is 13.0. The van der Waals surface area contributed by atoms with Crippen molar-refractivity contribution in [3.05, 3.63) is 29.3 Å². The average Bonchev–Trinajstić information content (AvgIpc) is 2.34. The van der Waals surface area contributed by atoms with Crippen molar-refractivity contribution in [1.29, 1.82) is 0 Å². The Bertz CT molecular complexity index is 342. The second-order valence-corrected chi connectivity index (χ2v) is 5.52. The van der Waals surface area contributed by atoms with Crippen LogP contribution in [0.2, 0.25) is 0 Å². The van der Waals surface area contributed by atoms with Gasteiger partial charge in [0.2, 0.25) is 0 Å². The molecule has 1 unspecified atom stereocenters. The van der Waals surface area contributed by atoms with Gasteiger partial charge in [0.25, 0.3) is 0 Å². The van der Waals surface area contributed by atoms with Gasteiger partial charge in [-0.2, -0.15) is 0 Å². The first-order valence-corrected chi connectivity index (χ1v) is 7.56. The highest BCUT2D eigenvalue weighted by atomic mass is 16.5. The molecule has 2 nitrogen and oxygen atoms in total. The molecule has 0 aliphatic heterocycles. The summed E-state index contributed by atoms with van der Waals surface area (Å²) in [6.45, 7) is 10.4. The fraction of sp³-hybridized carbons (Fsp3) is 0.647. The van der Waals surface area contributed by atoms with Crippen LogP contribution in [0.3, 0.4) is 0 Å². The number of nitrogens with one attached hydrogen (secondary N) is 1. The molecule has 0 amide bonds. The number of aryl methyl sites for hydroxylation is 2. The van der Waals surface area contributed by atoms with E-state index in [4.69, 9.17) is 4.74 Å². The van der Waals surface area contributed by atoms with E-state index in [-0.39, 0.29) is 0 Å². The summed E-state index contributed by atoms with van der Waals surface area (Å²) in [6.07, 6.45) is 5.22. The molecule has 19 heavy (non-hydrogen) atoms. The Labute approximate surface area is 118 Å². The van der Waals surface area contributed by atoms with Crippen LogP contribution in [-0.4, -0.2) is 19.2 Å². The minimum atomic E-state index is 0.592. The lowest BCUT2D eigenvalue weighted by atomic mass is 10.1. The largest absolute Gasteiger partial charge is 0.492 e. The molecular formula is C17H29NO. The molecule has 0 radical (unpaired) electrons. The van der Waals surface area contributed by atoms with Crippen LogP contribution >= 0.6 is 0 Å². The maximum absolute atomic E-state index is 5.78. The molecule has 0 spiro atoms. The van der Waals surface area contributed by atoms with Crippen LogP contribution in [0, 0.1) is 13.8 Å². The first-order chi connectivity index (χ1) is 9.11. The van der Waals surface area contributed by atoms with Crippen molar-refractivity contribution in [3.63, 3.8) is 0 Å². The summed E-state index contributed by atoms with van der Waals surface area (Å²) in [6, 6.07) is 6.95. The molecule has 0 saturated carbocycles. The van der Waals surface area contributed by atoms with Crippen molar-refractivity contribution < 1.29 is 4.74 Å². The number of hydrogen-bond donors (Lipinski definition) is 1. The molecule has 1 aromatic carbocycles. The Balaban J connectivity index is 2.16. The van der Waals surface area contributed by atoms with Gasteiger partial charge in [-0.1, -0.05) is 32.3 Å². The molecular weight excluding hydrogens is 234 g/mol. The molecule has 0 aliphatic rings. The van der Waals surface area contributed by atoms with E-state index >= 15 is 0 Å². The van der Waals surface area contributed by atoms with E-state index in [0.717, 1.165) is 18.9 Å². The van der Waals surface area contributed by atoms with E-state index < -0.39 is 0 Å². The molecule has 1 N–H and O–H groups in total. The summed E-state index contributed by atoms with van der Waals surface area (Å²) >= 11 is 0. The molecule has 1 atom stereocenters. The van der Waals surface area contributed by atoms with Crippen LogP contribution in [0.25, 0.3) is 0 Å². The van der Waals surface area contributed by atoms with E-state index in [0.29, 0.717) is 6.04 Å². The van der Waals surface area contributed by atoms with Gasteiger partial charge < -0.3 is 10.1 Å². The van der Waals surface area contributed by atoms with Gasteiger partial charge >= 0.3 is 0 Å². The molecule has 0 aliphatic carbocycles. The second-order valence-electron chi connectivity index (χ2n) is 5.52. The van der Waals surface area contributed by atoms with Crippen LogP contribution in [0.5, 0.6) is 5.75 Å². The van der Waals surface area contributed by atoms with E-state index in [1.807, 2.05) is 0 Å². The van der Waals surface area contributed by atoms with Crippen molar-refractivity contribution in [2.45, 2.75) is 59.4 Å². The smallest absolute Gasteiger partial charge is 0.119 e. The van der Waals surface area contributed by atoms with E-state index in [1.165, 1.54) is 36.8 Å². The molecule has 108 valence electrons. The van der Waals surface area contributed by atoms with Crippen molar-refractivity contribution >= 4 is 0 Å². The lowest BCUT2D eigenvalue weighted by Gasteiger charge is -2.14. The summed E-state index contributed by atoms with van der Waals surface area (Å²) < 4.78 is 5.78. The van der Waals surface area contributed by atoms with Gasteiger partial charge in [-0.3, -0.25) is 0 Å². The summed E-state index contributed by atoms with van der Waals surface area (Å²) in [5.41, 5.74) is 2.52. The quantitative estimate of drug-likeness (QED) is 0.673. The SMILES string of the molecule is CCCCCC(C)NCCOc1cc(C)cc(C)c1. The van der Waals surface area contributed by atoms with Crippen LogP contribution in [0.4, 0.5) is 0 Å². The van der Waals surface area contributed by atoms with Crippen molar-refractivity contribution in [2.24, 2.45) is 0 Å². The summed E-state index contributed by atoms with van der Waals surface area (Å²) in [5, 5.41) is 3.52. The van der Waals surface area contributed by atoms with Gasteiger partial charge in [0.1, 0.15) is 12.4 Å². The summed E-state index contributed by atoms with van der Waals surface area (Å²) in [5.74, 6) is 0.984. The molecule has 0 heterocycles. The Hall–Kier alpha value is -1.02. The first-order valence-electron chi connectivity index (χ1n) is 7.56. The number of benzene rings is 1. The minimum absolute atomic E-state index is 0.592. The molecule has 0 aromatic heterocycles. The van der Waals surface area contributed by atoms with E-state index in [9.17, 15) is 0 Å².